The van der Waals surface area contributed by atoms with Gasteiger partial charge in [-0.3, -0.25) is 9.69 Å². The minimum atomic E-state index is 0.0235. The Morgan fingerprint density at radius 2 is 1.97 bits per heavy atom. The normalized spacial score (nSPS) is 21.0. The summed E-state index contributed by atoms with van der Waals surface area (Å²) in [6, 6.07) is 3.93. The number of fused-ring (bicyclic) bond motifs is 1. The van der Waals surface area contributed by atoms with Gasteiger partial charge in [-0.2, -0.15) is 0 Å². The number of aryl methyl sites for hydroxylation is 1. The first-order chi connectivity index (χ1) is 15.1. The van der Waals surface area contributed by atoms with Crippen LogP contribution in [-0.2, 0) is 9.53 Å². The second-order valence-electron chi connectivity index (χ2n) is 7.88. The molecule has 1 fully saturated rings. The van der Waals surface area contributed by atoms with E-state index in [-0.39, 0.29) is 24.6 Å². The molecule has 0 atom stereocenters. The number of aromatic amines is 1. The van der Waals surface area contributed by atoms with Gasteiger partial charge in [0.25, 0.3) is 0 Å². The van der Waals surface area contributed by atoms with Gasteiger partial charge in [-0.25, -0.2) is 15.0 Å². The van der Waals surface area contributed by atoms with E-state index in [0.717, 1.165) is 36.9 Å². The van der Waals surface area contributed by atoms with E-state index in [4.69, 9.17) is 9.72 Å². The topological polar surface area (TPSA) is 122 Å². The molecule has 31 heavy (non-hydrogen) atoms. The fourth-order valence-electron chi connectivity index (χ4n) is 4.37. The molecule has 1 aliphatic carbocycles. The van der Waals surface area contributed by atoms with Crippen LogP contribution in [0.3, 0.4) is 0 Å². The Balaban J connectivity index is 1.48. The summed E-state index contributed by atoms with van der Waals surface area (Å²) in [5.74, 6) is 1.86. The predicted octanol–water partition coefficient (Wildman–Crippen LogP) is 2.35. The van der Waals surface area contributed by atoms with Crippen molar-refractivity contribution in [3.8, 4) is 22.8 Å². The van der Waals surface area contributed by atoms with Crippen molar-refractivity contribution >= 4 is 17.5 Å². The minimum absolute atomic E-state index is 0.0235. The third-order valence-corrected chi connectivity index (χ3v) is 6.02. The van der Waals surface area contributed by atoms with Crippen LogP contribution in [0.2, 0.25) is 0 Å². The number of nitrogens with zero attached hydrogens (tertiary/aromatic N) is 6. The Morgan fingerprint density at radius 1 is 1.13 bits per heavy atom. The SMILES string of the molecule is CO[C@H]1CC[C@H](N2C(=O)CNc3ncc(-c4ccc(-c5nnc[nH]5)nc4C)nc32)CC1. The molecule has 0 spiro atoms. The van der Waals surface area contributed by atoms with Crippen molar-refractivity contribution in [1.29, 1.82) is 0 Å². The highest BCUT2D eigenvalue weighted by atomic mass is 16.5. The number of H-pyrrole nitrogens is 1. The summed E-state index contributed by atoms with van der Waals surface area (Å²) in [5.41, 5.74) is 3.04. The van der Waals surface area contributed by atoms with Crippen molar-refractivity contribution in [1.82, 2.24) is 30.1 Å². The fraction of sp³-hybridized carbons (Fsp3) is 0.429. The third kappa shape index (κ3) is 3.63. The van der Waals surface area contributed by atoms with Gasteiger partial charge in [0.2, 0.25) is 5.91 Å². The molecule has 10 nitrogen and oxygen atoms in total. The van der Waals surface area contributed by atoms with E-state index in [0.29, 0.717) is 28.8 Å². The van der Waals surface area contributed by atoms with Gasteiger partial charge in [0.05, 0.1) is 24.5 Å². The molecule has 0 saturated heterocycles. The third-order valence-electron chi connectivity index (χ3n) is 6.02. The van der Waals surface area contributed by atoms with Crippen molar-refractivity contribution in [3.05, 3.63) is 30.4 Å². The van der Waals surface area contributed by atoms with Crippen LogP contribution < -0.4 is 10.2 Å². The molecule has 3 aromatic heterocycles. The second-order valence-corrected chi connectivity index (χ2v) is 7.88. The van der Waals surface area contributed by atoms with E-state index in [1.807, 2.05) is 24.0 Å². The standard InChI is InChI=1S/C21H24N8O2/c1-12-15(7-8-16(26-12)19-24-11-25-28-19)17-9-22-20-21(27-17)29(18(30)10-23-20)13-3-5-14(31-2)6-4-13/h7-9,11,13-14H,3-6,10H2,1-2H3,(H,22,23)(H,24,25,28)/t13-,14-. The number of pyridine rings is 1. The van der Waals surface area contributed by atoms with Crippen molar-refractivity contribution in [3.63, 3.8) is 0 Å². The number of amides is 1. The van der Waals surface area contributed by atoms with Crippen LogP contribution in [0.15, 0.2) is 24.7 Å². The Morgan fingerprint density at radius 3 is 2.68 bits per heavy atom. The lowest BCUT2D eigenvalue weighted by atomic mass is 9.91. The molecule has 0 unspecified atom stereocenters. The molecule has 0 radical (unpaired) electrons. The monoisotopic (exact) mass is 420 g/mol. The van der Waals surface area contributed by atoms with Gasteiger partial charge in [-0.1, -0.05) is 0 Å². The van der Waals surface area contributed by atoms with E-state index in [1.165, 1.54) is 6.33 Å². The maximum absolute atomic E-state index is 12.8. The number of nitrogens with one attached hydrogen (secondary N) is 2. The molecule has 2 N–H and O–H groups in total. The van der Waals surface area contributed by atoms with Gasteiger partial charge < -0.3 is 15.0 Å². The molecule has 4 heterocycles. The summed E-state index contributed by atoms with van der Waals surface area (Å²) in [5, 5.41) is 10.9. The van der Waals surface area contributed by atoms with Crippen molar-refractivity contribution < 1.29 is 9.53 Å². The quantitative estimate of drug-likeness (QED) is 0.660. The number of aromatic nitrogens is 6. The molecule has 1 amide bonds. The van der Waals surface area contributed by atoms with Crippen LogP contribution in [0.4, 0.5) is 11.6 Å². The van der Waals surface area contributed by atoms with Crippen LogP contribution in [0.1, 0.15) is 31.4 Å². The minimum Gasteiger partial charge on any atom is -0.381 e. The zero-order chi connectivity index (χ0) is 21.4. The number of hydrogen-bond donors (Lipinski definition) is 2. The van der Waals surface area contributed by atoms with Crippen molar-refractivity contribution in [2.45, 2.75) is 44.8 Å². The molecule has 2 aliphatic rings. The van der Waals surface area contributed by atoms with Crippen LogP contribution >= 0.6 is 0 Å². The fourth-order valence-corrected chi connectivity index (χ4v) is 4.37. The van der Waals surface area contributed by atoms with Crippen molar-refractivity contribution in [2.75, 3.05) is 23.9 Å². The van der Waals surface area contributed by atoms with E-state index < -0.39 is 0 Å². The smallest absolute Gasteiger partial charge is 0.247 e. The Hall–Kier alpha value is -3.40. The van der Waals surface area contributed by atoms with Gasteiger partial charge in [-0.15, -0.1) is 10.2 Å². The Labute approximate surface area is 179 Å². The number of hydrogen-bond acceptors (Lipinski definition) is 8. The number of ether oxygens (including phenoxy) is 1. The highest BCUT2D eigenvalue weighted by molar-refractivity contribution is 6.01. The molecule has 5 rings (SSSR count). The Kier molecular flexibility index (Phi) is 5.06. The zero-order valence-electron chi connectivity index (χ0n) is 17.5. The zero-order valence-corrected chi connectivity index (χ0v) is 17.5. The predicted molar refractivity (Wildman–Crippen MR) is 114 cm³/mol. The number of methoxy groups -OCH3 is 1. The van der Waals surface area contributed by atoms with Crippen molar-refractivity contribution in [2.24, 2.45) is 0 Å². The summed E-state index contributed by atoms with van der Waals surface area (Å²) in [7, 11) is 1.75. The average Bonchev–Trinajstić information content (AvgIpc) is 3.34. The van der Waals surface area contributed by atoms with E-state index >= 15 is 0 Å². The summed E-state index contributed by atoms with van der Waals surface area (Å²) in [4.78, 5) is 31.7. The van der Waals surface area contributed by atoms with Crippen LogP contribution in [0, 0.1) is 6.92 Å². The highest BCUT2D eigenvalue weighted by Gasteiger charge is 2.35. The van der Waals surface area contributed by atoms with Crippen LogP contribution in [-0.4, -0.2) is 61.8 Å². The van der Waals surface area contributed by atoms with E-state index in [1.54, 1.807) is 13.3 Å². The van der Waals surface area contributed by atoms with Crippen LogP contribution in [0.25, 0.3) is 22.8 Å². The number of carbonyl (C=O) groups excluding carboxylic acids is 1. The van der Waals surface area contributed by atoms with Crippen LogP contribution in [0.5, 0.6) is 0 Å². The lowest BCUT2D eigenvalue weighted by Gasteiger charge is -2.38. The lowest BCUT2D eigenvalue weighted by molar-refractivity contribution is -0.118. The molecule has 0 bridgehead atoms. The first-order valence-electron chi connectivity index (χ1n) is 10.4. The largest absolute Gasteiger partial charge is 0.381 e. The number of anilines is 2. The molecule has 1 saturated carbocycles. The molecule has 160 valence electrons. The molecule has 0 aromatic carbocycles. The van der Waals surface area contributed by atoms with Gasteiger partial charge in [-0.05, 0) is 44.7 Å². The summed E-state index contributed by atoms with van der Waals surface area (Å²) in [6.07, 6.45) is 7.17. The molecule has 10 heteroatoms. The van der Waals surface area contributed by atoms with Gasteiger partial charge in [0, 0.05) is 24.4 Å². The summed E-state index contributed by atoms with van der Waals surface area (Å²) in [6.45, 7) is 2.15. The molecule has 1 aliphatic heterocycles. The van der Waals surface area contributed by atoms with Gasteiger partial charge >= 0.3 is 0 Å². The summed E-state index contributed by atoms with van der Waals surface area (Å²) < 4.78 is 5.49. The lowest BCUT2D eigenvalue weighted by Crippen LogP contribution is -2.49. The Bertz CT molecular complexity index is 1090. The highest BCUT2D eigenvalue weighted by Crippen LogP contribution is 2.35. The second kappa shape index (κ2) is 8.03. The van der Waals surface area contributed by atoms with Gasteiger partial charge in [0.15, 0.2) is 17.5 Å². The maximum Gasteiger partial charge on any atom is 0.247 e. The number of carbonyl (C=O) groups is 1. The maximum atomic E-state index is 12.8. The average molecular weight is 420 g/mol. The van der Waals surface area contributed by atoms with Gasteiger partial charge in [0.1, 0.15) is 12.0 Å². The molecule has 3 aromatic rings. The molecular weight excluding hydrogens is 396 g/mol. The molecular formula is C21H24N8O2. The summed E-state index contributed by atoms with van der Waals surface area (Å²) >= 11 is 0. The van der Waals surface area contributed by atoms with E-state index in [9.17, 15) is 4.79 Å². The number of rotatable bonds is 4. The van der Waals surface area contributed by atoms with E-state index in [2.05, 4.69) is 30.5 Å². The first kappa shape index (κ1) is 19.6. The first-order valence-corrected chi connectivity index (χ1v) is 10.4.